The molecule has 0 aromatic carbocycles. The van der Waals surface area contributed by atoms with Crippen molar-refractivity contribution in [3.8, 4) is 5.88 Å². The number of aromatic nitrogens is 1. The van der Waals surface area contributed by atoms with Gasteiger partial charge in [-0.05, 0) is 49.6 Å². The first-order valence-electron chi connectivity index (χ1n) is 8.06. The molecule has 1 aromatic rings. The fourth-order valence-electron chi connectivity index (χ4n) is 2.67. The Morgan fingerprint density at radius 2 is 2.05 bits per heavy atom. The summed E-state index contributed by atoms with van der Waals surface area (Å²) in [7, 11) is 0. The Hall–Kier alpha value is -0.800. The van der Waals surface area contributed by atoms with E-state index in [9.17, 15) is 0 Å². The predicted molar refractivity (Wildman–Crippen MR) is 87.8 cm³/mol. The molecule has 1 heterocycles. The monoisotopic (exact) mass is 310 g/mol. The first-order chi connectivity index (χ1) is 10.0. The smallest absolute Gasteiger partial charge is 0.213 e. The van der Waals surface area contributed by atoms with Gasteiger partial charge in [0.15, 0.2) is 0 Å². The number of hydrogen-bond acceptors (Lipinski definition) is 3. The van der Waals surface area contributed by atoms with E-state index in [4.69, 9.17) is 16.3 Å². The van der Waals surface area contributed by atoms with Crippen molar-refractivity contribution < 1.29 is 4.74 Å². The molecule has 0 atom stereocenters. The van der Waals surface area contributed by atoms with Gasteiger partial charge in [0, 0.05) is 18.8 Å². The first-order valence-corrected chi connectivity index (χ1v) is 8.44. The van der Waals surface area contributed by atoms with Gasteiger partial charge in [-0.15, -0.1) is 0 Å². The van der Waals surface area contributed by atoms with Gasteiger partial charge in [0.2, 0.25) is 5.88 Å². The van der Waals surface area contributed by atoms with E-state index in [2.05, 4.69) is 31.1 Å². The van der Waals surface area contributed by atoms with E-state index >= 15 is 0 Å². The van der Waals surface area contributed by atoms with Gasteiger partial charge in [-0.3, -0.25) is 0 Å². The fraction of sp³-hybridized carbons (Fsp3) is 0.706. The lowest BCUT2D eigenvalue weighted by Crippen LogP contribution is -2.23. The highest BCUT2D eigenvalue weighted by Gasteiger charge is 2.20. The number of halogens is 1. The second kappa shape index (κ2) is 8.00. The van der Waals surface area contributed by atoms with Crippen LogP contribution in [0.25, 0.3) is 0 Å². The molecular formula is C17H27ClN2O. The summed E-state index contributed by atoms with van der Waals surface area (Å²) >= 11 is 6.22. The summed E-state index contributed by atoms with van der Waals surface area (Å²) in [6.07, 6.45) is 6.78. The van der Waals surface area contributed by atoms with Crippen molar-refractivity contribution in [2.75, 3.05) is 6.54 Å². The lowest BCUT2D eigenvalue weighted by molar-refractivity contribution is 0.130. The van der Waals surface area contributed by atoms with E-state index in [1.165, 1.54) is 12.8 Å². The Morgan fingerprint density at radius 3 is 2.71 bits per heavy atom. The number of rotatable bonds is 6. The van der Waals surface area contributed by atoms with Crippen molar-refractivity contribution in [2.45, 2.75) is 59.1 Å². The topological polar surface area (TPSA) is 34.1 Å². The maximum atomic E-state index is 6.22. The largest absolute Gasteiger partial charge is 0.474 e. The number of pyridine rings is 1. The minimum Gasteiger partial charge on any atom is -0.474 e. The molecule has 0 radical (unpaired) electrons. The van der Waals surface area contributed by atoms with Crippen LogP contribution in [0.15, 0.2) is 12.3 Å². The zero-order chi connectivity index (χ0) is 15.2. The summed E-state index contributed by atoms with van der Waals surface area (Å²) in [6, 6.07) is 1.98. The Balaban J connectivity index is 1.91. The highest BCUT2D eigenvalue weighted by Crippen LogP contribution is 2.27. The van der Waals surface area contributed by atoms with Crippen molar-refractivity contribution in [3.63, 3.8) is 0 Å². The lowest BCUT2D eigenvalue weighted by atomic mass is 9.89. The van der Waals surface area contributed by atoms with Gasteiger partial charge in [-0.2, -0.15) is 0 Å². The molecule has 1 aliphatic carbocycles. The summed E-state index contributed by atoms with van der Waals surface area (Å²) in [5.41, 5.74) is 1.06. The van der Waals surface area contributed by atoms with Crippen LogP contribution in [0.3, 0.4) is 0 Å². The molecule has 0 amide bonds. The van der Waals surface area contributed by atoms with Gasteiger partial charge < -0.3 is 10.1 Å². The van der Waals surface area contributed by atoms with Crippen LogP contribution in [0.2, 0.25) is 5.02 Å². The molecule has 0 unspecified atom stereocenters. The van der Waals surface area contributed by atoms with Crippen LogP contribution in [0.4, 0.5) is 0 Å². The van der Waals surface area contributed by atoms with Gasteiger partial charge in [0.1, 0.15) is 6.10 Å². The molecule has 118 valence electrons. The second-order valence-electron chi connectivity index (χ2n) is 6.64. The van der Waals surface area contributed by atoms with E-state index in [0.717, 1.165) is 37.4 Å². The summed E-state index contributed by atoms with van der Waals surface area (Å²) in [5.74, 6) is 2.17. The van der Waals surface area contributed by atoms with Crippen LogP contribution in [0, 0.1) is 11.8 Å². The number of nitrogens with zero attached hydrogens (tertiary/aromatic N) is 1. The second-order valence-corrected chi connectivity index (χ2v) is 7.05. The molecule has 0 aliphatic heterocycles. The maximum Gasteiger partial charge on any atom is 0.213 e. The van der Waals surface area contributed by atoms with Crippen molar-refractivity contribution >= 4 is 11.6 Å². The van der Waals surface area contributed by atoms with Crippen LogP contribution in [0.1, 0.15) is 52.0 Å². The van der Waals surface area contributed by atoms with Crippen molar-refractivity contribution in [1.29, 1.82) is 0 Å². The quantitative estimate of drug-likeness (QED) is 0.843. The van der Waals surface area contributed by atoms with Gasteiger partial charge >= 0.3 is 0 Å². The molecule has 0 bridgehead atoms. The maximum absolute atomic E-state index is 6.22. The number of ether oxygens (including phenoxy) is 1. The molecule has 3 nitrogen and oxygen atoms in total. The summed E-state index contributed by atoms with van der Waals surface area (Å²) in [4.78, 5) is 4.31. The zero-order valence-corrected chi connectivity index (χ0v) is 14.1. The molecule has 1 fully saturated rings. The molecule has 1 saturated carbocycles. The molecule has 0 spiro atoms. The molecule has 1 N–H and O–H groups in total. The van der Waals surface area contributed by atoms with Crippen molar-refractivity contribution in [1.82, 2.24) is 10.3 Å². The van der Waals surface area contributed by atoms with Crippen LogP contribution in [-0.2, 0) is 6.54 Å². The zero-order valence-electron chi connectivity index (χ0n) is 13.4. The third-order valence-corrected chi connectivity index (χ3v) is 4.37. The Kier molecular flexibility index (Phi) is 6.31. The molecule has 4 heteroatoms. The van der Waals surface area contributed by atoms with E-state index in [0.29, 0.717) is 22.9 Å². The Morgan fingerprint density at radius 1 is 1.33 bits per heavy atom. The SMILES string of the molecule is CC(C)CNCc1cc(OC2CCC(C)CC2)ncc1Cl. The minimum absolute atomic E-state index is 0.311. The van der Waals surface area contributed by atoms with Crippen molar-refractivity contribution in [2.24, 2.45) is 11.8 Å². The van der Waals surface area contributed by atoms with Crippen LogP contribution in [0.5, 0.6) is 5.88 Å². The van der Waals surface area contributed by atoms with Crippen LogP contribution >= 0.6 is 11.6 Å². The van der Waals surface area contributed by atoms with E-state index in [1.54, 1.807) is 6.20 Å². The number of nitrogens with one attached hydrogen (secondary N) is 1. The molecule has 2 rings (SSSR count). The summed E-state index contributed by atoms with van der Waals surface area (Å²) in [6.45, 7) is 8.45. The van der Waals surface area contributed by atoms with E-state index < -0.39 is 0 Å². The van der Waals surface area contributed by atoms with Gasteiger partial charge in [0.25, 0.3) is 0 Å². The molecular weight excluding hydrogens is 284 g/mol. The highest BCUT2D eigenvalue weighted by atomic mass is 35.5. The van der Waals surface area contributed by atoms with Crippen molar-refractivity contribution in [3.05, 3.63) is 22.8 Å². The Bertz CT molecular complexity index is 442. The average molecular weight is 311 g/mol. The van der Waals surface area contributed by atoms with Gasteiger partial charge in [0.05, 0.1) is 5.02 Å². The van der Waals surface area contributed by atoms with Crippen LogP contribution in [-0.4, -0.2) is 17.6 Å². The van der Waals surface area contributed by atoms with Gasteiger partial charge in [-0.25, -0.2) is 4.98 Å². The fourth-order valence-corrected chi connectivity index (χ4v) is 2.84. The van der Waals surface area contributed by atoms with E-state index in [-0.39, 0.29) is 0 Å². The first kappa shape index (κ1) is 16.6. The third kappa shape index (κ3) is 5.48. The predicted octanol–water partition coefficient (Wildman–Crippen LogP) is 4.44. The third-order valence-electron chi connectivity index (χ3n) is 4.03. The van der Waals surface area contributed by atoms with Gasteiger partial charge in [-0.1, -0.05) is 32.4 Å². The molecule has 1 aliphatic rings. The Labute approximate surface area is 133 Å². The molecule has 0 saturated heterocycles. The standard InChI is InChI=1S/C17H27ClN2O/c1-12(2)9-19-10-14-8-17(20-11-16(14)18)21-15-6-4-13(3)5-7-15/h8,11-13,15,19H,4-7,9-10H2,1-3H3. The van der Waals surface area contributed by atoms with Crippen LogP contribution < -0.4 is 10.1 Å². The summed E-state index contributed by atoms with van der Waals surface area (Å²) in [5, 5.41) is 4.12. The number of hydrogen-bond donors (Lipinski definition) is 1. The van der Waals surface area contributed by atoms with E-state index in [1.807, 2.05) is 6.07 Å². The minimum atomic E-state index is 0.311. The normalized spacial score (nSPS) is 22.5. The molecule has 21 heavy (non-hydrogen) atoms. The highest BCUT2D eigenvalue weighted by molar-refractivity contribution is 6.31. The average Bonchev–Trinajstić information content (AvgIpc) is 2.44. The lowest BCUT2D eigenvalue weighted by Gasteiger charge is -2.26. The molecule has 1 aromatic heterocycles. The summed E-state index contributed by atoms with van der Waals surface area (Å²) < 4.78 is 6.03.